The molecule has 0 spiro atoms. The van der Waals surface area contributed by atoms with Gasteiger partial charge in [-0.3, -0.25) is 4.90 Å². The van der Waals surface area contributed by atoms with E-state index in [1.165, 1.54) is 69.9 Å². The number of nitrogens with zero attached hydrogens (tertiary/aromatic N) is 1. The van der Waals surface area contributed by atoms with Gasteiger partial charge in [0.2, 0.25) is 0 Å². The molecule has 2 unspecified atom stereocenters. The van der Waals surface area contributed by atoms with Gasteiger partial charge in [0.05, 0.1) is 12.2 Å². The zero-order chi connectivity index (χ0) is 11.7. The highest BCUT2D eigenvalue weighted by molar-refractivity contribution is 9.09. The van der Waals surface area contributed by atoms with Crippen LogP contribution >= 0.6 is 15.9 Å². The molecule has 17 heavy (non-hydrogen) atoms. The summed E-state index contributed by atoms with van der Waals surface area (Å²) in [6.45, 7) is 3.67. The smallest absolute Gasteiger partial charge is 0.0707 e. The lowest BCUT2D eigenvalue weighted by atomic mass is 9.75. The number of hydrogen-bond donors (Lipinski definition) is 0. The average Bonchev–Trinajstić information content (AvgIpc) is 2.70. The van der Waals surface area contributed by atoms with Crippen molar-refractivity contribution in [2.45, 2.75) is 57.2 Å². The molecule has 2 bridgehead atoms. The Kier molecular flexibility index (Phi) is 3.79. The molecule has 1 saturated carbocycles. The summed E-state index contributed by atoms with van der Waals surface area (Å²) in [7, 11) is 0. The monoisotopic (exact) mass is 301 g/mol. The Balaban J connectivity index is 1.61. The van der Waals surface area contributed by atoms with E-state index in [1.54, 1.807) is 0 Å². The summed E-state index contributed by atoms with van der Waals surface area (Å²) in [5.74, 6) is 0. The third-order valence-electron chi connectivity index (χ3n) is 4.88. The lowest BCUT2D eigenvalue weighted by Crippen LogP contribution is -2.48. The van der Waals surface area contributed by atoms with Crippen LogP contribution in [0.3, 0.4) is 0 Å². The lowest BCUT2D eigenvalue weighted by Gasteiger charge is -2.42. The number of ether oxygens (including phenoxy) is 1. The van der Waals surface area contributed by atoms with Gasteiger partial charge in [-0.1, -0.05) is 35.2 Å². The van der Waals surface area contributed by atoms with Crippen molar-refractivity contribution < 1.29 is 4.74 Å². The number of fused-ring (bicyclic) bond motifs is 2. The molecule has 0 aromatic rings. The van der Waals surface area contributed by atoms with E-state index < -0.39 is 0 Å². The molecule has 0 aromatic carbocycles. The summed E-state index contributed by atoms with van der Waals surface area (Å²) < 4.78 is 5.93. The first kappa shape index (κ1) is 12.4. The molecule has 1 aliphatic carbocycles. The Hall–Kier alpha value is 0.400. The Labute approximate surface area is 113 Å². The van der Waals surface area contributed by atoms with Crippen LogP contribution in [0.1, 0.15) is 44.9 Å². The van der Waals surface area contributed by atoms with Crippen LogP contribution in [0.15, 0.2) is 0 Å². The Bertz CT molecular complexity index is 253. The summed E-state index contributed by atoms with van der Waals surface area (Å²) in [6, 6.07) is 0. The standard InChI is InChI=1S/C14H24BrNO/c15-10-14(6-2-1-3-7-14)11-16-8-12-4-5-13(9-16)17-12/h12-13H,1-11H2. The third-order valence-corrected chi connectivity index (χ3v) is 6.07. The first-order valence-electron chi connectivity index (χ1n) is 7.23. The molecule has 2 heterocycles. The molecule has 0 aromatic heterocycles. The highest BCUT2D eigenvalue weighted by Crippen LogP contribution is 2.39. The summed E-state index contributed by atoms with van der Waals surface area (Å²) in [5, 5.41) is 1.19. The zero-order valence-corrected chi connectivity index (χ0v) is 12.3. The van der Waals surface area contributed by atoms with E-state index in [0.29, 0.717) is 17.6 Å². The van der Waals surface area contributed by atoms with Gasteiger partial charge in [0, 0.05) is 25.0 Å². The van der Waals surface area contributed by atoms with Crippen molar-refractivity contribution in [2.75, 3.05) is 25.0 Å². The quantitative estimate of drug-likeness (QED) is 0.742. The van der Waals surface area contributed by atoms with Crippen LogP contribution in [-0.2, 0) is 4.74 Å². The maximum atomic E-state index is 5.93. The summed E-state index contributed by atoms with van der Waals surface area (Å²) in [6.07, 6.45) is 10.8. The largest absolute Gasteiger partial charge is 0.372 e. The molecule has 3 aliphatic rings. The van der Waals surface area contributed by atoms with Gasteiger partial charge in [-0.05, 0) is 31.1 Å². The number of alkyl halides is 1. The van der Waals surface area contributed by atoms with Crippen molar-refractivity contribution in [3.63, 3.8) is 0 Å². The van der Waals surface area contributed by atoms with Crippen molar-refractivity contribution in [1.29, 1.82) is 0 Å². The molecule has 2 atom stereocenters. The number of hydrogen-bond acceptors (Lipinski definition) is 2. The molecular formula is C14H24BrNO. The van der Waals surface area contributed by atoms with E-state index >= 15 is 0 Å². The van der Waals surface area contributed by atoms with E-state index in [0.717, 1.165) is 0 Å². The fourth-order valence-electron chi connectivity index (χ4n) is 3.94. The number of halogens is 1. The maximum Gasteiger partial charge on any atom is 0.0707 e. The van der Waals surface area contributed by atoms with Crippen LogP contribution < -0.4 is 0 Å². The third kappa shape index (κ3) is 2.71. The maximum absolute atomic E-state index is 5.93. The summed E-state index contributed by atoms with van der Waals surface area (Å²) in [4.78, 5) is 2.69. The molecule has 0 N–H and O–H groups in total. The highest BCUT2D eigenvalue weighted by Gasteiger charge is 2.38. The van der Waals surface area contributed by atoms with Gasteiger partial charge in [0.15, 0.2) is 0 Å². The van der Waals surface area contributed by atoms with Crippen LogP contribution in [-0.4, -0.2) is 42.1 Å². The number of morpholine rings is 1. The van der Waals surface area contributed by atoms with Crippen molar-refractivity contribution in [1.82, 2.24) is 4.90 Å². The second-order valence-electron chi connectivity index (χ2n) is 6.35. The SMILES string of the molecule is BrCC1(CN2CC3CCC(C2)O3)CCCCC1. The minimum Gasteiger partial charge on any atom is -0.372 e. The molecule has 2 nitrogen and oxygen atoms in total. The summed E-state index contributed by atoms with van der Waals surface area (Å²) >= 11 is 3.78. The van der Waals surface area contributed by atoms with Gasteiger partial charge >= 0.3 is 0 Å². The first-order valence-corrected chi connectivity index (χ1v) is 8.36. The molecule has 98 valence electrons. The molecule has 3 heteroatoms. The highest BCUT2D eigenvalue weighted by atomic mass is 79.9. The Morgan fingerprint density at radius 3 is 2.29 bits per heavy atom. The second kappa shape index (κ2) is 5.18. The Morgan fingerprint density at radius 2 is 1.71 bits per heavy atom. The van der Waals surface area contributed by atoms with E-state index in [1.807, 2.05) is 0 Å². The van der Waals surface area contributed by atoms with Crippen LogP contribution in [0, 0.1) is 5.41 Å². The normalized spacial score (nSPS) is 37.2. The van der Waals surface area contributed by atoms with Gasteiger partial charge in [0.25, 0.3) is 0 Å². The van der Waals surface area contributed by atoms with E-state index in [-0.39, 0.29) is 0 Å². The first-order chi connectivity index (χ1) is 8.30. The van der Waals surface area contributed by atoms with Crippen LogP contribution in [0.5, 0.6) is 0 Å². The van der Waals surface area contributed by atoms with Crippen molar-refractivity contribution >= 4 is 15.9 Å². The number of rotatable bonds is 3. The predicted molar refractivity (Wildman–Crippen MR) is 73.6 cm³/mol. The molecule has 2 saturated heterocycles. The number of likely N-dealkylation sites (tertiary alicyclic amines) is 1. The van der Waals surface area contributed by atoms with Crippen molar-refractivity contribution in [3.8, 4) is 0 Å². The van der Waals surface area contributed by atoms with Gasteiger partial charge in [-0.15, -0.1) is 0 Å². The average molecular weight is 302 g/mol. The van der Waals surface area contributed by atoms with Gasteiger partial charge in [0.1, 0.15) is 0 Å². The van der Waals surface area contributed by atoms with E-state index in [4.69, 9.17) is 4.74 Å². The topological polar surface area (TPSA) is 12.5 Å². The van der Waals surface area contributed by atoms with Crippen molar-refractivity contribution in [2.24, 2.45) is 5.41 Å². The molecule has 3 rings (SSSR count). The molecule has 0 radical (unpaired) electrons. The van der Waals surface area contributed by atoms with Gasteiger partial charge in [-0.2, -0.15) is 0 Å². The Morgan fingerprint density at radius 1 is 1.06 bits per heavy atom. The lowest BCUT2D eigenvalue weighted by molar-refractivity contribution is -0.0516. The fraction of sp³-hybridized carbons (Fsp3) is 1.00. The second-order valence-corrected chi connectivity index (χ2v) is 6.91. The van der Waals surface area contributed by atoms with Crippen LogP contribution in [0.2, 0.25) is 0 Å². The molecule has 3 fully saturated rings. The van der Waals surface area contributed by atoms with E-state index in [9.17, 15) is 0 Å². The molecular weight excluding hydrogens is 278 g/mol. The van der Waals surface area contributed by atoms with Gasteiger partial charge < -0.3 is 4.74 Å². The van der Waals surface area contributed by atoms with Crippen LogP contribution in [0.25, 0.3) is 0 Å². The van der Waals surface area contributed by atoms with Crippen molar-refractivity contribution in [3.05, 3.63) is 0 Å². The predicted octanol–water partition coefficient (Wildman–Crippen LogP) is 3.20. The zero-order valence-electron chi connectivity index (χ0n) is 10.7. The minimum absolute atomic E-state index is 0.546. The fourth-order valence-corrected chi connectivity index (χ4v) is 4.68. The molecule has 0 amide bonds. The van der Waals surface area contributed by atoms with Crippen LogP contribution in [0.4, 0.5) is 0 Å². The summed E-state index contributed by atoms with van der Waals surface area (Å²) in [5.41, 5.74) is 0.565. The van der Waals surface area contributed by atoms with E-state index in [2.05, 4.69) is 20.8 Å². The van der Waals surface area contributed by atoms with Gasteiger partial charge in [-0.25, -0.2) is 0 Å². The minimum atomic E-state index is 0.546. The molecule has 2 aliphatic heterocycles.